The van der Waals surface area contributed by atoms with E-state index in [9.17, 15) is 4.79 Å². The molecule has 0 aliphatic carbocycles. The number of amides is 1. The van der Waals surface area contributed by atoms with Crippen LogP contribution in [0.25, 0.3) is 0 Å². The van der Waals surface area contributed by atoms with E-state index in [1.165, 1.54) is 0 Å². The first-order valence-electron chi connectivity index (χ1n) is 5.75. The zero-order valence-electron chi connectivity index (χ0n) is 10.4. The summed E-state index contributed by atoms with van der Waals surface area (Å²) < 4.78 is 0. The molecule has 1 amide bonds. The Kier molecular flexibility index (Phi) is 5.86. The van der Waals surface area contributed by atoms with Gasteiger partial charge in [0.25, 0.3) is 0 Å². The summed E-state index contributed by atoms with van der Waals surface area (Å²) in [5, 5.41) is 3.60. The number of benzene rings is 1. The molecule has 1 N–H and O–H groups in total. The molecule has 0 aromatic heterocycles. The molecule has 0 heterocycles. The second kappa shape index (κ2) is 6.92. The highest BCUT2D eigenvalue weighted by atomic mass is 35.5. The number of hydrogen-bond acceptors (Lipinski definition) is 2. The minimum Gasteiger partial charge on any atom is -0.353 e. The maximum atomic E-state index is 11.8. The van der Waals surface area contributed by atoms with Crippen molar-refractivity contribution in [3.8, 4) is 0 Å². The second-order valence-electron chi connectivity index (χ2n) is 4.03. The maximum absolute atomic E-state index is 11.8. The summed E-state index contributed by atoms with van der Waals surface area (Å²) >= 11 is 7.35. The van der Waals surface area contributed by atoms with Gasteiger partial charge in [-0.2, -0.15) is 0 Å². The van der Waals surface area contributed by atoms with Gasteiger partial charge in [0.15, 0.2) is 0 Å². The van der Waals surface area contributed by atoms with Crippen molar-refractivity contribution >= 4 is 29.3 Å². The zero-order chi connectivity index (χ0) is 12.8. The normalized spacial score (nSPS) is 14.1. The van der Waals surface area contributed by atoms with Gasteiger partial charge in [0.2, 0.25) is 5.91 Å². The number of nitrogens with one attached hydrogen (secondary N) is 1. The third-order valence-electron chi connectivity index (χ3n) is 2.50. The molecular weight excluding hydrogens is 254 g/mol. The van der Waals surface area contributed by atoms with E-state index in [0.29, 0.717) is 5.02 Å². The lowest BCUT2D eigenvalue weighted by Gasteiger charge is -2.15. The van der Waals surface area contributed by atoms with Crippen LogP contribution >= 0.6 is 23.4 Å². The Morgan fingerprint density at radius 1 is 1.35 bits per heavy atom. The minimum atomic E-state index is -0.0924. The van der Waals surface area contributed by atoms with Gasteiger partial charge in [-0.05, 0) is 44.5 Å². The summed E-state index contributed by atoms with van der Waals surface area (Å²) in [6.45, 7) is 5.98. The fraction of sp³-hybridized carbons (Fsp3) is 0.462. The summed E-state index contributed by atoms with van der Waals surface area (Å²) in [5.41, 5.74) is 0. The molecule has 2 nitrogen and oxygen atoms in total. The van der Waals surface area contributed by atoms with Crippen LogP contribution in [0.1, 0.15) is 27.2 Å². The topological polar surface area (TPSA) is 29.1 Å². The monoisotopic (exact) mass is 271 g/mol. The predicted molar refractivity (Wildman–Crippen MR) is 74.7 cm³/mol. The number of thioether (sulfide) groups is 1. The zero-order valence-corrected chi connectivity index (χ0v) is 11.9. The molecule has 0 aliphatic heterocycles. The smallest absolute Gasteiger partial charge is 0.233 e. The molecule has 4 heteroatoms. The highest BCUT2D eigenvalue weighted by molar-refractivity contribution is 8.00. The summed E-state index contributed by atoms with van der Waals surface area (Å²) in [7, 11) is 0. The Bertz CT molecular complexity index is 366. The summed E-state index contributed by atoms with van der Waals surface area (Å²) in [6, 6.07) is 7.77. The standard InChI is InChI=1S/C13H18ClNOS/c1-4-9(2)15-13(16)10(3)17-12-7-5-11(14)6-8-12/h5-10H,4H2,1-3H3,(H,15,16). The minimum absolute atomic E-state index is 0.0827. The van der Waals surface area contributed by atoms with Gasteiger partial charge in [-0.25, -0.2) is 0 Å². The molecule has 0 bridgehead atoms. The molecular formula is C13H18ClNOS. The molecule has 17 heavy (non-hydrogen) atoms. The van der Waals surface area contributed by atoms with Crippen LogP contribution in [0.5, 0.6) is 0 Å². The van der Waals surface area contributed by atoms with E-state index in [1.807, 2.05) is 38.1 Å². The maximum Gasteiger partial charge on any atom is 0.233 e. The molecule has 1 aromatic carbocycles. The average molecular weight is 272 g/mol. The quantitative estimate of drug-likeness (QED) is 0.827. The van der Waals surface area contributed by atoms with Crippen LogP contribution in [0, 0.1) is 0 Å². The predicted octanol–water partition coefficient (Wildman–Crippen LogP) is 3.74. The van der Waals surface area contributed by atoms with Crippen molar-refractivity contribution in [3.63, 3.8) is 0 Å². The van der Waals surface area contributed by atoms with Gasteiger partial charge in [-0.1, -0.05) is 18.5 Å². The van der Waals surface area contributed by atoms with Crippen molar-refractivity contribution in [2.24, 2.45) is 0 Å². The summed E-state index contributed by atoms with van der Waals surface area (Å²) in [6.07, 6.45) is 0.948. The molecule has 0 fully saturated rings. The first-order valence-corrected chi connectivity index (χ1v) is 7.01. The molecule has 0 aliphatic rings. The largest absolute Gasteiger partial charge is 0.353 e. The highest BCUT2D eigenvalue weighted by Crippen LogP contribution is 2.24. The molecule has 0 saturated carbocycles. The van der Waals surface area contributed by atoms with Gasteiger partial charge >= 0.3 is 0 Å². The first-order chi connectivity index (χ1) is 8.02. The van der Waals surface area contributed by atoms with Gasteiger partial charge in [0.05, 0.1) is 5.25 Å². The van der Waals surface area contributed by atoms with Crippen LogP contribution in [0.15, 0.2) is 29.2 Å². The van der Waals surface area contributed by atoms with Crippen LogP contribution < -0.4 is 5.32 Å². The Labute approximate surface area is 112 Å². The van der Waals surface area contributed by atoms with Crippen LogP contribution in [-0.4, -0.2) is 17.2 Å². The number of halogens is 1. The van der Waals surface area contributed by atoms with Gasteiger partial charge in [0, 0.05) is 16.0 Å². The van der Waals surface area contributed by atoms with E-state index in [0.717, 1.165) is 11.3 Å². The summed E-state index contributed by atoms with van der Waals surface area (Å²) in [4.78, 5) is 12.9. The number of carbonyl (C=O) groups is 1. The van der Waals surface area contributed by atoms with Crippen molar-refractivity contribution in [3.05, 3.63) is 29.3 Å². The van der Waals surface area contributed by atoms with Gasteiger partial charge in [0.1, 0.15) is 0 Å². The molecule has 94 valence electrons. The fourth-order valence-electron chi connectivity index (χ4n) is 1.23. The van der Waals surface area contributed by atoms with E-state index in [1.54, 1.807) is 11.8 Å². The lowest BCUT2D eigenvalue weighted by Crippen LogP contribution is -2.37. The Hall–Kier alpha value is -0.670. The number of rotatable bonds is 5. The van der Waals surface area contributed by atoms with Crippen LogP contribution in [0.3, 0.4) is 0 Å². The third kappa shape index (κ3) is 5.00. The lowest BCUT2D eigenvalue weighted by molar-refractivity contribution is -0.120. The lowest BCUT2D eigenvalue weighted by atomic mass is 10.2. The number of hydrogen-bond donors (Lipinski definition) is 1. The van der Waals surface area contributed by atoms with E-state index < -0.39 is 0 Å². The van der Waals surface area contributed by atoms with Crippen molar-refractivity contribution in [1.29, 1.82) is 0 Å². The fourth-order valence-corrected chi connectivity index (χ4v) is 2.24. The highest BCUT2D eigenvalue weighted by Gasteiger charge is 2.15. The van der Waals surface area contributed by atoms with E-state index in [4.69, 9.17) is 11.6 Å². The van der Waals surface area contributed by atoms with Gasteiger partial charge in [-0.15, -0.1) is 11.8 Å². The van der Waals surface area contributed by atoms with Crippen LogP contribution in [0.2, 0.25) is 5.02 Å². The SMILES string of the molecule is CCC(C)NC(=O)C(C)Sc1ccc(Cl)cc1. The van der Waals surface area contributed by atoms with E-state index in [2.05, 4.69) is 12.2 Å². The number of carbonyl (C=O) groups excluding carboxylic acids is 1. The van der Waals surface area contributed by atoms with Crippen molar-refractivity contribution in [2.45, 2.75) is 43.4 Å². The van der Waals surface area contributed by atoms with E-state index >= 15 is 0 Å². The Morgan fingerprint density at radius 3 is 2.47 bits per heavy atom. The van der Waals surface area contributed by atoms with E-state index in [-0.39, 0.29) is 17.2 Å². The first kappa shape index (κ1) is 14.4. The van der Waals surface area contributed by atoms with Crippen molar-refractivity contribution in [2.75, 3.05) is 0 Å². The third-order valence-corrected chi connectivity index (χ3v) is 3.86. The molecule has 1 rings (SSSR count). The molecule has 0 spiro atoms. The average Bonchev–Trinajstić information content (AvgIpc) is 2.31. The summed E-state index contributed by atoms with van der Waals surface area (Å²) in [5.74, 6) is 0.0827. The Balaban J connectivity index is 2.51. The van der Waals surface area contributed by atoms with Gasteiger partial charge in [-0.3, -0.25) is 4.79 Å². The Morgan fingerprint density at radius 2 is 1.94 bits per heavy atom. The molecule has 0 saturated heterocycles. The molecule has 2 atom stereocenters. The van der Waals surface area contributed by atoms with Gasteiger partial charge < -0.3 is 5.32 Å². The molecule has 1 aromatic rings. The van der Waals surface area contributed by atoms with Crippen LogP contribution in [-0.2, 0) is 4.79 Å². The molecule has 2 unspecified atom stereocenters. The molecule has 0 radical (unpaired) electrons. The van der Waals surface area contributed by atoms with Crippen molar-refractivity contribution < 1.29 is 4.79 Å². The second-order valence-corrected chi connectivity index (χ2v) is 5.88. The van der Waals surface area contributed by atoms with Crippen molar-refractivity contribution in [1.82, 2.24) is 5.32 Å². The van der Waals surface area contributed by atoms with Crippen LogP contribution in [0.4, 0.5) is 0 Å².